The number of benzene rings is 2. The predicted octanol–water partition coefficient (Wildman–Crippen LogP) is 5.58. The predicted molar refractivity (Wildman–Crippen MR) is 168 cm³/mol. The third-order valence-corrected chi connectivity index (χ3v) is 9.52. The van der Waals surface area contributed by atoms with Crippen molar-refractivity contribution >= 4 is 39.2 Å². The van der Waals surface area contributed by atoms with Gasteiger partial charge in [0.05, 0.1) is 18.0 Å². The molecule has 13 heteroatoms. The molecule has 0 saturated heterocycles. The number of amides is 2. The molecule has 2 N–H and O–H groups in total. The van der Waals surface area contributed by atoms with E-state index in [4.69, 9.17) is 4.98 Å². The molecule has 2 heterocycles. The molecule has 3 aromatic rings. The number of anilines is 4. The number of rotatable bonds is 9. The lowest BCUT2D eigenvalue weighted by Crippen LogP contribution is -2.51. The summed E-state index contributed by atoms with van der Waals surface area (Å²) in [5.74, 6) is -0.268. The van der Waals surface area contributed by atoms with Crippen molar-refractivity contribution in [2.75, 3.05) is 33.9 Å². The second-order valence-electron chi connectivity index (χ2n) is 12.2. The maximum absolute atomic E-state index is 15.2. The summed E-state index contributed by atoms with van der Waals surface area (Å²) >= 11 is 0. The molecule has 1 saturated carbocycles. The maximum atomic E-state index is 15.2. The lowest BCUT2D eigenvalue weighted by Gasteiger charge is -2.39. The maximum Gasteiger partial charge on any atom is 0.330 e. The van der Waals surface area contributed by atoms with E-state index in [9.17, 15) is 17.6 Å². The van der Waals surface area contributed by atoms with Gasteiger partial charge in [0.2, 0.25) is 16.0 Å². The Hall–Kier alpha value is -3.84. The third kappa shape index (κ3) is 6.94. The third-order valence-electron chi connectivity index (χ3n) is 8.27. The van der Waals surface area contributed by atoms with Crippen LogP contribution in [0.4, 0.5) is 36.7 Å². The van der Waals surface area contributed by atoms with Crippen LogP contribution in [0.15, 0.2) is 48.7 Å². The van der Waals surface area contributed by atoms with Crippen LogP contribution in [0.5, 0.6) is 0 Å². The summed E-state index contributed by atoms with van der Waals surface area (Å²) in [4.78, 5) is 28.3. The highest BCUT2D eigenvalue weighted by atomic mass is 32.2. The Morgan fingerprint density at radius 1 is 1.09 bits per heavy atom. The average molecular weight is 628 g/mol. The number of aromatic nitrogens is 2. The van der Waals surface area contributed by atoms with E-state index in [-0.39, 0.29) is 36.0 Å². The van der Waals surface area contributed by atoms with Gasteiger partial charge in [-0.1, -0.05) is 19.1 Å². The molecule has 2 aromatic carbocycles. The normalized spacial score (nSPS) is 20.7. The molecule has 1 aliphatic carbocycles. The van der Waals surface area contributed by atoms with Gasteiger partial charge in [0.1, 0.15) is 17.5 Å². The molecule has 5 rings (SSSR count). The van der Waals surface area contributed by atoms with Crippen molar-refractivity contribution in [3.63, 3.8) is 0 Å². The fourth-order valence-corrected chi connectivity index (χ4v) is 7.34. The minimum atomic E-state index is -3.98. The summed E-state index contributed by atoms with van der Waals surface area (Å²) < 4.78 is 55.9. The minimum Gasteiger partial charge on any atom is -0.351 e. The Morgan fingerprint density at radius 2 is 1.82 bits per heavy atom. The molecule has 1 fully saturated rings. The van der Waals surface area contributed by atoms with Gasteiger partial charge in [-0.05, 0) is 89.0 Å². The van der Waals surface area contributed by atoms with Gasteiger partial charge >= 0.3 is 6.03 Å². The molecule has 10 nitrogen and oxygen atoms in total. The van der Waals surface area contributed by atoms with Gasteiger partial charge in [-0.3, -0.25) is 14.5 Å². The average Bonchev–Trinajstić information content (AvgIpc) is 2.94. The Balaban J connectivity index is 1.32. The smallest absolute Gasteiger partial charge is 0.330 e. The second kappa shape index (κ2) is 12.6. The fourth-order valence-electron chi connectivity index (χ4n) is 6.13. The molecule has 0 unspecified atom stereocenters. The first-order chi connectivity index (χ1) is 20.8. The summed E-state index contributed by atoms with van der Waals surface area (Å²) in [6, 6.07) is 9.08. The van der Waals surface area contributed by atoms with Gasteiger partial charge in [0, 0.05) is 35.6 Å². The molecule has 2 aliphatic rings. The van der Waals surface area contributed by atoms with Crippen LogP contribution in [-0.2, 0) is 22.3 Å². The van der Waals surface area contributed by atoms with Gasteiger partial charge in [-0.2, -0.15) is 4.98 Å². The van der Waals surface area contributed by atoms with Crippen molar-refractivity contribution in [3.8, 4) is 0 Å². The van der Waals surface area contributed by atoms with E-state index in [2.05, 4.69) is 40.9 Å². The number of nitrogens with one attached hydrogen (secondary N) is 2. The number of carbonyl (C=O) groups excluding carboxylic acids is 1. The van der Waals surface area contributed by atoms with Crippen LogP contribution in [0.25, 0.3) is 0 Å². The molecule has 2 amide bonds. The number of nitrogens with zero attached hydrogens (tertiary/aromatic N) is 5. The molecule has 1 aliphatic heterocycles. The van der Waals surface area contributed by atoms with E-state index in [1.165, 1.54) is 29.2 Å². The van der Waals surface area contributed by atoms with Crippen LogP contribution in [0.3, 0.4) is 0 Å². The number of halogens is 2. The zero-order valence-corrected chi connectivity index (χ0v) is 26.4. The highest BCUT2D eigenvalue weighted by molar-refractivity contribution is 7.91. The Kier molecular flexibility index (Phi) is 9.07. The standard InChI is InChI=1S/C31H39F2N7O3S/c1-19(2)40-29-22(16-34-30(36-29)35-24-10-13-28(38(4)5)20(3)14-24)17-39(31(40)41)25-11-12-27(26(33)15-25)37-44(42,43)18-21-6-8-23(32)9-7-21/h6-9,11-12,15-16,19-20,24,28,37H,10,13-14,17-18H2,1-5H3,(H,34,35,36)/t20-,24+,28+/m0/s1. The van der Waals surface area contributed by atoms with E-state index >= 15 is 4.39 Å². The second-order valence-corrected chi connectivity index (χ2v) is 13.9. The molecule has 236 valence electrons. The van der Waals surface area contributed by atoms with E-state index < -0.39 is 27.4 Å². The summed E-state index contributed by atoms with van der Waals surface area (Å²) in [7, 11) is 0.249. The highest BCUT2D eigenvalue weighted by Crippen LogP contribution is 2.35. The number of urea groups is 1. The van der Waals surface area contributed by atoms with E-state index in [1.807, 2.05) is 13.8 Å². The Labute approximate surface area is 257 Å². The number of hydrogen-bond donors (Lipinski definition) is 2. The van der Waals surface area contributed by atoms with Gasteiger partial charge in [0.25, 0.3) is 0 Å². The number of fused-ring (bicyclic) bond motifs is 1. The Bertz CT molecular complexity index is 1620. The quantitative estimate of drug-likeness (QED) is 0.319. The first-order valence-corrected chi connectivity index (χ1v) is 16.4. The molecule has 3 atom stereocenters. The van der Waals surface area contributed by atoms with E-state index in [1.54, 1.807) is 11.1 Å². The van der Waals surface area contributed by atoms with Gasteiger partial charge in [-0.25, -0.2) is 27.0 Å². The number of sulfonamides is 1. The molecule has 0 radical (unpaired) electrons. The SMILES string of the molecule is CC(C)N1C(=O)N(c2ccc(NS(=O)(=O)Cc3ccc(F)cc3)c(F)c2)Cc2cnc(N[C@@H]3CC[C@@H](N(C)C)[C@@H](C)C3)nc21. The van der Waals surface area contributed by atoms with Crippen molar-refractivity contribution in [1.29, 1.82) is 0 Å². The van der Waals surface area contributed by atoms with Crippen LogP contribution in [0, 0.1) is 17.6 Å². The minimum absolute atomic E-state index is 0.123. The van der Waals surface area contributed by atoms with Crippen LogP contribution < -0.4 is 19.8 Å². The first-order valence-electron chi connectivity index (χ1n) is 14.8. The molecular weight excluding hydrogens is 588 g/mol. The van der Waals surface area contributed by atoms with Crippen molar-refractivity contribution < 1.29 is 22.0 Å². The van der Waals surface area contributed by atoms with Crippen LogP contribution in [-0.4, -0.2) is 61.5 Å². The molecule has 0 spiro atoms. The number of carbonyl (C=O) groups is 1. The summed E-state index contributed by atoms with van der Waals surface area (Å²) in [6.07, 6.45) is 4.77. The van der Waals surface area contributed by atoms with Gasteiger partial charge in [-0.15, -0.1) is 0 Å². The van der Waals surface area contributed by atoms with Crippen molar-refractivity contribution in [2.45, 2.75) is 70.5 Å². The fraction of sp³-hybridized carbons (Fsp3) is 0.452. The topological polar surface area (TPSA) is 111 Å². The lowest BCUT2D eigenvalue weighted by atomic mass is 9.82. The van der Waals surface area contributed by atoms with Crippen LogP contribution in [0.2, 0.25) is 0 Å². The van der Waals surface area contributed by atoms with E-state index in [0.29, 0.717) is 34.9 Å². The molecule has 44 heavy (non-hydrogen) atoms. The van der Waals surface area contributed by atoms with Crippen molar-refractivity contribution in [3.05, 3.63) is 71.4 Å². The lowest BCUT2D eigenvalue weighted by molar-refractivity contribution is 0.160. The highest BCUT2D eigenvalue weighted by Gasteiger charge is 2.36. The first kappa shape index (κ1) is 31.6. The number of hydrogen-bond acceptors (Lipinski definition) is 7. The summed E-state index contributed by atoms with van der Waals surface area (Å²) in [5.41, 5.74) is 1.07. The van der Waals surface area contributed by atoms with Crippen LogP contribution >= 0.6 is 0 Å². The Morgan fingerprint density at radius 3 is 2.45 bits per heavy atom. The largest absolute Gasteiger partial charge is 0.351 e. The van der Waals surface area contributed by atoms with E-state index in [0.717, 1.165) is 37.5 Å². The summed E-state index contributed by atoms with van der Waals surface area (Å²) in [6.45, 7) is 6.14. The molecule has 1 aromatic heterocycles. The van der Waals surface area contributed by atoms with Gasteiger partial charge < -0.3 is 10.2 Å². The van der Waals surface area contributed by atoms with Crippen molar-refractivity contribution in [1.82, 2.24) is 14.9 Å². The zero-order valence-electron chi connectivity index (χ0n) is 25.6. The zero-order chi connectivity index (χ0) is 31.8. The summed E-state index contributed by atoms with van der Waals surface area (Å²) in [5, 5.41) is 3.47. The van der Waals surface area contributed by atoms with Gasteiger partial charge in [0.15, 0.2) is 0 Å². The molecular formula is C31H39F2N7O3S. The van der Waals surface area contributed by atoms with Crippen molar-refractivity contribution in [2.24, 2.45) is 5.92 Å². The van der Waals surface area contributed by atoms with Crippen LogP contribution in [0.1, 0.15) is 51.2 Å². The monoisotopic (exact) mass is 627 g/mol. The molecule has 0 bridgehead atoms.